The number of thioether (sulfide) groups is 1. The first-order chi connectivity index (χ1) is 12.4. The molecular weight excluding hydrogens is 366 g/mol. The van der Waals surface area contributed by atoms with E-state index in [2.05, 4.69) is 52.0 Å². The topological polar surface area (TPSA) is 55.6 Å². The van der Waals surface area contributed by atoms with Gasteiger partial charge < -0.3 is 5.32 Å². The minimum Gasteiger partial charge on any atom is -0.313 e. The average molecular weight is 390 g/mol. The van der Waals surface area contributed by atoms with Gasteiger partial charge in [0.1, 0.15) is 0 Å². The fourth-order valence-corrected chi connectivity index (χ4v) is 3.32. The van der Waals surface area contributed by atoms with Gasteiger partial charge in [0.05, 0.1) is 5.69 Å². The van der Waals surface area contributed by atoms with Gasteiger partial charge in [0.2, 0.25) is 5.16 Å². The standard InChI is InChI=1S/C19H23N5S.ClH/c1-2-16-9-11-17(12-10-16)15-20-13-6-14-25-19-21-22-23-24(19)18-7-4-3-5-8-18;/h3-5,7-12,20H,2,6,13-15H2,1H3;1H. The van der Waals surface area contributed by atoms with E-state index in [1.807, 2.05) is 30.3 Å². The molecule has 0 fully saturated rings. The van der Waals surface area contributed by atoms with E-state index in [0.29, 0.717) is 0 Å². The van der Waals surface area contributed by atoms with E-state index in [-0.39, 0.29) is 12.4 Å². The van der Waals surface area contributed by atoms with Gasteiger partial charge in [-0.05, 0) is 53.1 Å². The Kier molecular flexibility index (Phi) is 8.61. The number of tetrazole rings is 1. The largest absolute Gasteiger partial charge is 0.313 e. The summed E-state index contributed by atoms with van der Waals surface area (Å²) in [6.07, 6.45) is 2.16. The van der Waals surface area contributed by atoms with Crippen molar-refractivity contribution in [2.75, 3.05) is 12.3 Å². The summed E-state index contributed by atoms with van der Waals surface area (Å²) in [7, 11) is 0. The molecule has 0 bridgehead atoms. The molecule has 1 heterocycles. The van der Waals surface area contributed by atoms with Crippen molar-refractivity contribution < 1.29 is 0 Å². The van der Waals surface area contributed by atoms with Crippen LogP contribution in [0.25, 0.3) is 5.69 Å². The Labute approximate surface area is 165 Å². The van der Waals surface area contributed by atoms with Crippen LogP contribution in [0.3, 0.4) is 0 Å². The highest BCUT2D eigenvalue weighted by molar-refractivity contribution is 7.99. The van der Waals surface area contributed by atoms with Crippen molar-refractivity contribution in [2.24, 2.45) is 0 Å². The van der Waals surface area contributed by atoms with Crippen molar-refractivity contribution >= 4 is 24.2 Å². The molecule has 26 heavy (non-hydrogen) atoms. The third-order valence-electron chi connectivity index (χ3n) is 3.93. The van der Waals surface area contributed by atoms with Gasteiger partial charge in [-0.1, -0.05) is 61.2 Å². The molecule has 0 aliphatic heterocycles. The van der Waals surface area contributed by atoms with Gasteiger partial charge in [-0.15, -0.1) is 17.5 Å². The van der Waals surface area contributed by atoms with Crippen LogP contribution in [0.2, 0.25) is 0 Å². The van der Waals surface area contributed by atoms with Gasteiger partial charge in [-0.25, -0.2) is 0 Å². The first-order valence-electron chi connectivity index (χ1n) is 8.62. The van der Waals surface area contributed by atoms with Crippen molar-refractivity contribution in [1.82, 2.24) is 25.5 Å². The maximum atomic E-state index is 4.12. The Morgan fingerprint density at radius 3 is 2.46 bits per heavy atom. The second-order valence-electron chi connectivity index (χ2n) is 5.76. The Bertz CT molecular complexity index is 761. The average Bonchev–Trinajstić information content (AvgIpc) is 3.14. The maximum Gasteiger partial charge on any atom is 0.214 e. The molecule has 0 saturated heterocycles. The Morgan fingerprint density at radius 1 is 1.00 bits per heavy atom. The fraction of sp³-hybridized carbons (Fsp3) is 0.316. The highest BCUT2D eigenvalue weighted by Gasteiger charge is 2.07. The van der Waals surface area contributed by atoms with Gasteiger partial charge in [0, 0.05) is 12.3 Å². The zero-order chi connectivity index (χ0) is 17.3. The summed E-state index contributed by atoms with van der Waals surface area (Å²) < 4.78 is 1.79. The van der Waals surface area contributed by atoms with Crippen molar-refractivity contribution in [1.29, 1.82) is 0 Å². The van der Waals surface area contributed by atoms with Gasteiger partial charge in [-0.2, -0.15) is 4.68 Å². The smallest absolute Gasteiger partial charge is 0.214 e. The van der Waals surface area contributed by atoms with E-state index in [4.69, 9.17) is 0 Å². The number of aryl methyl sites for hydroxylation is 1. The lowest BCUT2D eigenvalue weighted by atomic mass is 10.1. The van der Waals surface area contributed by atoms with E-state index >= 15 is 0 Å². The van der Waals surface area contributed by atoms with E-state index in [1.54, 1.807) is 16.4 Å². The van der Waals surface area contributed by atoms with Crippen LogP contribution in [-0.4, -0.2) is 32.5 Å². The Morgan fingerprint density at radius 2 is 1.73 bits per heavy atom. The number of hydrogen-bond donors (Lipinski definition) is 1. The van der Waals surface area contributed by atoms with E-state index in [9.17, 15) is 0 Å². The Hall–Kier alpha value is -1.89. The number of rotatable bonds is 9. The lowest BCUT2D eigenvalue weighted by molar-refractivity contribution is 0.677. The second-order valence-corrected chi connectivity index (χ2v) is 6.82. The number of aromatic nitrogens is 4. The quantitative estimate of drug-likeness (QED) is 0.444. The summed E-state index contributed by atoms with van der Waals surface area (Å²) in [5, 5.41) is 16.3. The molecule has 0 atom stereocenters. The van der Waals surface area contributed by atoms with Crippen LogP contribution in [0.4, 0.5) is 0 Å². The predicted octanol–water partition coefficient (Wildman–Crippen LogP) is 3.92. The molecule has 7 heteroatoms. The van der Waals surface area contributed by atoms with Gasteiger partial charge in [0.15, 0.2) is 0 Å². The molecule has 0 aliphatic rings. The molecule has 0 radical (unpaired) electrons. The zero-order valence-electron chi connectivity index (χ0n) is 14.8. The van der Waals surface area contributed by atoms with E-state index < -0.39 is 0 Å². The van der Waals surface area contributed by atoms with Crippen molar-refractivity contribution in [2.45, 2.75) is 31.5 Å². The molecular formula is C19H24ClN5S. The molecule has 0 spiro atoms. The van der Waals surface area contributed by atoms with Gasteiger partial charge >= 0.3 is 0 Å². The highest BCUT2D eigenvalue weighted by atomic mass is 35.5. The number of nitrogens with zero attached hydrogens (tertiary/aromatic N) is 4. The second kappa shape index (κ2) is 11.0. The summed E-state index contributed by atoms with van der Waals surface area (Å²) in [6, 6.07) is 18.8. The van der Waals surface area contributed by atoms with Crippen LogP contribution in [0.5, 0.6) is 0 Å². The molecule has 138 valence electrons. The number of halogens is 1. The van der Waals surface area contributed by atoms with Crippen LogP contribution in [-0.2, 0) is 13.0 Å². The molecule has 2 aromatic carbocycles. The van der Waals surface area contributed by atoms with Crippen LogP contribution in [0, 0.1) is 0 Å². The van der Waals surface area contributed by atoms with Crippen LogP contribution >= 0.6 is 24.2 Å². The molecule has 0 unspecified atom stereocenters. The van der Waals surface area contributed by atoms with Crippen LogP contribution in [0.15, 0.2) is 59.8 Å². The molecule has 3 aromatic rings. The van der Waals surface area contributed by atoms with Crippen molar-refractivity contribution in [3.05, 3.63) is 65.7 Å². The third-order valence-corrected chi connectivity index (χ3v) is 4.94. The number of para-hydroxylation sites is 1. The van der Waals surface area contributed by atoms with Gasteiger partial charge in [0.25, 0.3) is 0 Å². The van der Waals surface area contributed by atoms with E-state index in [1.165, 1.54) is 11.1 Å². The van der Waals surface area contributed by atoms with Crippen molar-refractivity contribution in [3.63, 3.8) is 0 Å². The Balaban J connectivity index is 0.00000243. The lowest BCUT2D eigenvalue weighted by Gasteiger charge is -2.06. The fourth-order valence-electron chi connectivity index (χ4n) is 2.49. The van der Waals surface area contributed by atoms with Gasteiger partial charge in [-0.3, -0.25) is 0 Å². The predicted molar refractivity (Wildman–Crippen MR) is 109 cm³/mol. The van der Waals surface area contributed by atoms with Crippen LogP contribution in [0.1, 0.15) is 24.5 Å². The molecule has 0 aliphatic carbocycles. The highest BCUT2D eigenvalue weighted by Crippen LogP contribution is 2.18. The SMILES string of the molecule is CCc1ccc(CNCCCSc2nnnn2-c2ccccc2)cc1.Cl. The first-order valence-corrected chi connectivity index (χ1v) is 9.60. The number of hydrogen-bond acceptors (Lipinski definition) is 5. The van der Waals surface area contributed by atoms with E-state index in [0.717, 1.165) is 42.5 Å². The lowest BCUT2D eigenvalue weighted by Crippen LogP contribution is -2.15. The molecule has 1 N–H and O–H groups in total. The molecule has 1 aromatic heterocycles. The monoisotopic (exact) mass is 389 g/mol. The minimum atomic E-state index is 0. The number of benzene rings is 2. The summed E-state index contributed by atoms with van der Waals surface area (Å²) in [5.74, 6) is 0.981. The number of nitrogens with one attached hydrogen (secondary N) is 1. The summed E-state index contributed by atoms with van der Waals surface area (Å²) >= 11 is 1.69. The van der Waals surface area contributed by atoms with Crippen LogP contribution < -0.4 is 5.32 Å². The normalized spacial score (nSPS) is 10.5. The molecule has 5 nitrogen and oxygen atoms in total. The summed E-state index contributed by atoms with van der Waals surface area (Å²) in [5.41, 5.74) is 3.71. The summed E-state index contributed by atoms with van der Waals surface area (Å²) in [6.45, 7) is 4.07. The van der Waals surface area contributed by atoms with Crippen molar-refractivity contribution in [3.8, 4) is 5.69 Å². The molecule has 3 rings (SSSR count). The first kappa shape index (κ1) is 20.4. The minimum absolute atomic E-state index is 0. The zero-order valence-corrected chi connectivity index (χ0v) is 16.5. The molecule has 0 amide bonds. The maximum absolute atomic E-state index is 4.12. The molecule has 0 saturated carbocycles. The third kappa shape index (κ3) is 5.83. The summed E-state index contributed by atoms with van der Waals surface area (Å²) in [4.78, 5) is 0.